The summed E-state index contributed by atoms with van der Waals surface area (Å²) < 4.78 is 0. The lowest BCUT2D eigenvalue weighted by Crippen LogP contribution is -2.54. The molecule has 4 heterocycles. The molecular formula is C23H30N2. The van der Waals surface area contributed by atoms with Crippen molar-refractivity contribution in [1.29, 1.82) is 0 Å². The third-order valence-corrected chi connectivity index (χ3v) is 6.69. The number of rotatable bonds is 4. The predicted molar refractivity (Wildman–Crippen MR) is 107 cm³/mol. The smallest absolute Gasteiger partial charge is 0.0705 e. The van der Waals surface area contributed by atoms with Crippen LogP contribution in [-0.2, 0) is 0 Å². The number of pyridine rings is 1. The van der Waals surface area contributed by atoms with Gasteiger partial charge in [-0.3, -0.25) is 9.88 Å². The second kappa shape index (κ2) is 6.92. The maximum atomic E-state index is 4.61. The van der Waals surface area contributed by atoms with E-state index >= 15 is 0 Å². The van der Waals surface area contributed by atoms with Gasteiger partial charge in [0.2, 0.25) is 0 Å². The van der Waals surface area contributed by atoms with Crippen LogP contribution in [-0.4, -0.2) is 29.0 Å². The van der Waals surface area contributed by atoms with Gasteiger partial charge < -0.3 is 0 Å². The van der Waals surface area contributed by atoms with Crippen molar-refractivity contribution in [3.63, 3.8) is 0 Å². The molecule has 0 amide bonds. The van der Waals surface area contributed by atoms with Gasteiger partial charge in [0.25, 0.3) is 0 Å². The van der Waals surface area contributed by atoms with Crippen LogP contribution in [0.4, 0.5) is 0 Å². The zero-order valence-electron chi connectivity index (χ0n) is 15.8. The molecule has 132 valence electrons. The largest absolute Gasteiger partial charge is 0.299 e. The number of benzene rings is 1. The SMILES string of the molecule is CC=Cc1ccc2nccc(C(C)[C@@H]3CC4CCN3CC4CC)c2c1. The number of nitrogens with zero attached hydrogens (tertiary/aromatic N) is 2. The molecule has 3 fully saturated rings. The average molecular weight is 335 g/mol. The van der Waals surface area contributed by atoms with Crippen LogP contribution in [0.15, 0.2) is 36.5 Å². The van der Waals surface area contributed by atoms with E-state index < -0.39 is 0 Å². The van der Waals surface area contributed by atoms with Crippen LogP contribution in [0.2, 0.25) is 0 Å². The molecule has 1 aromatic carbocycles. The van der Waals surface area contributed by atoms with Crippen molar-refractivity contribution in [1.82, 2.24) is 9.88 Å². The normalized spacial score (nSPS) is 30.2. The van der Waals surface area contributed by atoms with E-state index in [1.54, 1.807) is 0 Å². The first-order valence-corrected chi connectivity index (χ1v) is 9.96. The molecule has 3 aliphatic heterocycles. The van der Waals surface area contributed by atoms with Gasteiger partial charge in [0.15, 0.2) is 0 Å². The standard InChI is InChI=1S/C23H30N2/c1-4-6-17-7-8-22-21(13-17)20(9-11-24-22)16(3)23-14-19-10-12-25(23)15-18(19)5-2/h4,6-9,11,13,16,18-19,23H,5,10,12,14-15H2,1-3H3/t16?,18?,19?,23-/m0/s1. The average Bonchev–Trinajstić information content (AvgIpc) is 2.67. The number of piperidine rings is 3. The van der Waals surface area contributed by atoms with Gasteiger partial charge in [-0.05, 0) is 73.4 Å². The van der Waals surface area contributed by atoms with Gasteiger partial charge in [0, 0.05) is 24.2 Å². The van der Waals surface area contributed by atoms with Crippen molar-refractivity contribution in [3.8, 4) is 0 Å². The van der Waals surface area contributed by atoms with E-state index in [9.17, 15) is 0 Å². The van der Waals surface area contributed by atoms with Crippen LogP contribution in [0.25, 0.3) is 17.0 Å². The Morgan fingerprint density at radius 3 is 2.92 bits per heavy atom. The summed E-state index contributed by atoms with van der Waals surface area (Å²) in [6.07, 6.45) is 10.4. The molecule has 0 spiro atoms. The fraction of sp³-hybridized carbons (Fsp3) is 0.522. The van der Waals surface area contributed by atoms with Gasteiger partial charge in [0.1, 0.15) is 0 Å². The third-order valence-electron chi connectivity index (χ3n) is 6.69. The molecule has 1 aromatic heterocycles. The van der Waals surface area contributed by atoms with Crippen molar-refractivity contribution in [2.45, 2.75) is 52.0 Å². The molecule has 0 aliphatic carbocycles. The summed E-state index contributed by atoms with van der Waals surface area (Å²) in [5.74, 6) is 2.42. The van der Waals surface area contributed by atoms with Crippen LogP contribution >= 0.6 is 0 Å². The quantitative estimate of drug-likeness (QED) is 0.735. The van der Waals surface area contributed by atoms with Gasteiger partial charge in [-0.15, -0.1) is 0 Å². The Kier molecular flexibility index (Phi) is 4.64. The zero-order chi connectivity index (χ0) is 17.4. The molecule has 25 heavy (non-hydrogen) atoms. The summed E-state index contributed by atoms with van der Waals surface area (Å²) >= 11 is 0. The first-order valence-electron chi connectivity index (χ1n) is 9.96. The zero-order valence-corrected chi connectivity index (χ0v) is 15.8. The Morgan fingerprint density at radius 2 is 2.20 bits per heavy atom. The Bertz CT molecular complexity index is 779. The highest BCUT2D eigenvalue weighted by Gasteiger charge is 2.41. The first kappa shape index (κ1) is 16.8. The molecular weight excluding hydrogens is 304 g/mol. The van der Waals surface area contributed by atoms with Gasteiger partial charge in [0.05, 0.1) is 5.52 Å². The lowest BCUT2D eigenvalue weighted by atomic mass is 9.71. The van der Waals surface area contributed by atoms with E-state index in [0.717, 1.165) is 17.4 Å². The summed E-state index contributed by atoms with van der Waals surface area (Å²) in [7, 11) is 0. The minimum Gasteiger partial charge on any atom is -0.299 e. The van der Waals surface area contributed by atoms with Crippen LogP contribution < -0.4 is 0 Å². The highest BCUT2D eigenvalue weighted by molar-refractivity contribution is 5.85. The molecule has 2 aromatic rings. The van der Waals surface area contributed by atoms with Crippen molar-refractivity contribution in [2.75, 3.05) is 13.1 Å². The Labute approximate surface area is 152 Å². The predicted octanol–water partition coefficient (Wildman–Crippen LogP) is 5.49. The van der Waals surface area contributed by atoms with E-state index in [2.05, 4.69) is 67.1 Å². The third kappa shape index (κ3) is 3.01. The van der Waals surface area contributed by atoms with E-state index in [1.165, 1.54) is 48.9 Å². The molecule has 2 bridgehead atoms. The first-order chi connectivity index (χ1) is 12.2. The van der Waals surface area contributed by atoms with Gasteiger partial charge in [-0.2, -0.15) is 0 Å². The fourth-order valence-electron chi connectivity index (χ4n) is 5.25. The van der Waals surface area contributed by atoms with E-state index in [0.29, 0.717) is 12.0 Å². The molecule has 0 saturated carbocycles. The highest BCUT2D eigenvalue weighted by Crippen LogP contribution is 2.43. The van der Waals surface area contributed by atoms with E-state index in [-0.39, 0.29) is 0 Å². The number of hydrogen-bond donors (Lipinski definition) is 0. The molecule has 5 rings (SSSR count). The molecule has 0 radical (unpaired) electrons. The van der Waals surface area contributed by atoms with Gasteiger partial charge in [-0.25, -0.2) is 0 Å². The molecule has 2 nitrogen and oxygen atoms in total. The van der Waals surface area contributed by atoms with Crippen molar-refractivity contribution in [3.05, 3.63) is 47.7 Å². The maximum absolute atomic E-state index is 4.61. The second-order valence-electron chi connectivity index (χ2n) is 7.98. The van der Waals surface area contributed by atoms with Crippen LogP contribution in [0.5, 0.6) is 0 Å². The molecule has 4 unspecified atom stereocenters. The number of hydrogen-bond acceptors (Lipinski definition) is 2. The lowest BCUT2D eigenvalue weighted by Gasteiger charge is -2.52. The topological polar surface area (TPSA) is 16.1 Å². The minimum absolute atomic E-state index is 0.562. The Morgan fingerprint density at radius 1 is 1.32 bits per heavy atom. The van der Waals surface area contributed by atoms with Crippen molar-refractivity contribution in [2.24, 2.45) is 11.8 Å². The summed E-state index contributed by atoms with van der Waals surface area (Å²) in [5.41, 5.74) is 3.87. The number of allylic oxidation sites excluding steroid dienone is 1. The molecule has 2 heteroatoms. The van der Waals surface area contributed by atoms with Crippen LogP contribution in [0.3, 0.4) is 0 Å². The molecule has 3 saturated heterocycles. The summed E-state index contributed by atoms with van der Waals surface area (Å²) in [5, 5.41) is 1.33. The monoisotopic (exact) mass is 334 g/mol. The number of fused-ring (bicyclic) bond motifs is 4. The van der Waals surface area contributed by atoms with E-state index in [1.807, 2.05) is 6.20 Å². The maximum Gasteiger partial charge on any atom is 0.0705 e. The summed E-state index contributed by atoms with van der Waals surface area (Å²) in [6.45, 7) is 9.48. The van der Waals surface area contributed by atoms with Crippen LogP contribution in [0, 0.1) is 11.8 Å². The molecule has 5 atom stereocenters. The van der Waals surface area contributed by atoms with Crippen LogP contribution in [0.1, 0.15) is 57.1 Å². The Balaban J connectivity index is 1.68. The van der Waals surface area contributed by atoms with E-state index in [4.69, 9.17) is 0 Å². The second-order valence-corrected chi connectivity index (χ2v) is 7.98. The van der Waals surface area contributed by atoms with Gasteiger partial charge in [-0.1, -0.05) is 38.5 Å². The fourth-order valence-corrected chi connectivity index (χ4v) is 5.25. The van der Waals surface area contributed by atoms with Crippen molar-refractivity contribution < 1.29 is 0 Å². The summed E-state index contributed by atoms with van der Waals surface area (Å²) in [6, 6.07) is 9.60. The van der Waals surface area contributed by atoms with Crippen molar-refractivity contribution >= 4 is 17.0 Å². The van der Waals surface area contributed by atoms with Gasteiger partial charge >= 0.3 is 0 Å². The molecule has 3 aliphatic rings. The minimum atomic E-state index is 0.562. The number of aromatic nitrogens is 1. The summed E-state index contributed by atoms with van der Waals surface area (Å²) in [4.78, 5) is 7.38. The highest BCUT2D eigenvalue weighted by atomic mass is 15.2. The Hall–Kier alpha value is -1.67. The lowest BCUT2D eigenvalue weighted by molar-refractivity contribution is -0.00895. The molecule has 0 N–H and O–H groups in total.